The van der Waals surface area contributed by atoms with Gasteiger partial charge in [0.05, 0.1) is 0 Å². The largest absolute Gasteiger partial charge is 0.481 e. The minimum atomic E-state index is -0.863. The minimum Gasteiger partial charge on any atom is -0.481 e. The molecule has 0 fully saturated rings. The summed E-state index contributed by atoms with van der Waals surface area (Å²) < 4.78 is 0. The highest BCUT2D eigenvalue weighted by Gasteiger charge is 2.14. The van der Waals surface area contributed by atoms with E-state index in [1.165, 1.54) is 6.92 Å². The van der Waals surface area contributed by atoms with Crippen LogP contribution in [-0.4, -0.2) is 23.4 Å². The van der Waals surface area contributed by atoms with E-state index in [0.29, 0.717) is 19.4 Å². The highest BCUT2D eigenvalue weighted by Crippen LogP contribution is 2.11. The van der Waals surface area contributed by atoms with Crippen molar-refractivity contribution in [1.82, 2.24) is 0 Å². The maximum absolute atomic E-state index is 10.9. The van der Waals surface area contributed by atoms with Crippen molar-refractivity contribution in [3.8, 4) is 0 Å². The molecule has 70 valence electrons. The Balaban J connectivity index is 3.79. The monoisotopic (exact) mass is 173 g/mol. The van der Waals surface area contributed by atoms with Crippen molar-refractivity contribution in [2.75, 3.05) is 6.54 Å². The molecule has 12 heavy (non-hydrogen) atoms. The van der Waals surface area contributed by atoms with Gasteiger partial charge in [0.2, 0.25) is 0 Å². The number of hydrogen-bond donors (Lipinski definition) is 2. The molecule has 1 atom stereocenters. The number of nitrogens with two attached hydrogens (primary N) is 1. The summed E-state index contributed by atoms with van der Waals surface area (Å²) in [6.07, 6.45) is 1.04. The number of carbonyl (C=O) groups is 2. The van der Waals surface area contributed by atoms with Crippen LogP contribution in [0.1, 0.15) is 26.2 Å². The average molecular weight is 173 g/mol. The normalized spacial score (nSPS) is 12.5. The van der Waals surface area contributed by atoms with Gasteiger partial charge in [-0.1, -0.05) is 0 Å². The van der Waals surface area contributed by atoms with Crippen LogP contribution in [0, 0.1) is 5.92 Å². The maximum atomic E-state index is 10.9. The summed E-state index contributed by atoms with van der Waals surface area (Å²) >= 11 is 0. The van der Waals surface area contributed by atoms with E-state index in [4.69, 9.17) is 10.8 Å². The van der Waals surface area contributed by atoms with Crippen LogP contribution in [0.4, 0.5) is 0 Å². The van der Waals surface area contributed by atoms with Crippen LogP contribution < -0.4 is 5.73 Å². The Kier molecular flexibility index (Phi) is 5.28. The molecule has 0 aliphatic carbocycles. The Hall–Kier alpha value is -0.900. The van der Waals surface area contributed by atoms with Crippen LogP contribution in [0.5, 0.6) is 0 Å². The Bertz CT molecular complexity index is 168. The van der Waals surface area contributed by atoms with Crippen molar-refractivity contribution >= 4 is 11.8 Å². The third kappa shape index (κ3) is 4.85. The second-order valence-corrected chi connectivity index (χ2v) is 2.82. The van der Waals surface area contributed by atoms with Gasteiger partial charge in [-0.2, -0.15) is 0 Å². The maximum Gasteiger partial charge on any atom is 0.303 e. The van der Waals surface area contributed by atoms with Crippen LogP contribution in [0.25, 0.3) is 0 Å². The quantitative estimate of drug-likeness (QED) is 0.609. The first-order valence-corrected chi connectivity index (χ1v) is 4.00. The fourth-order valence-electron chi connectivity index (χ4n) is 1.05. The van der Waals surface area contributed by atoms with Crippen molar-refractivity contribution in [2.45, 2.75) is 26.2 Å². The van der Waals surface area contributed by atoms with Crippen LogP contribution in [0.3, 0.4) is 0 Å². The van der Waals surface area contributed by atoms with E-state index in [0.717, 1.165) is 0 Å². The number of aliphatic carboxylic acids is 1. The van der Waals surface area contributed by atoms with Gasteiger partial charge in [-0.15, -0.1) is 0 Å². The summed E-state index contributed by atoms with van der Waals surface area (Å²) in [5, 5.41) is 8.37. The summed E-state index contributed by atoms with van der Waals surface area (Å²) in [5.74, 6) is -1.01. The predicted molar refractivity (Wildman–Crippen MR) is 44.7 cm³/mol. The number of Topliss-reactive ketones (excluding diaryl/α,β-unsaturated/α-hetero) is 1. The number of carboxylic acid groups (broad SMARTS) is 1. The van der Waals surface area contributed by atoms with Gasteiger partial charge in [-0.3, -0.25) is 9.59 Å². The topological polar surface area (TPSA) is 80.4 Å². The van der Waals surface area contributed by atoms with Gasteiger partial charge in [0.25, 0.3) is 0 Å². The molecule has 4 heteroatoms. The van der Waals surface area contributed by atoms with Gasteiger partial charge in [0.15, 0.2) is 0 Å². The van der Waals surface area contributed by atoms with E-state index in [9.17, 15) is 9.59 Å². The molecule has 0 aromatic carbocycles. The molecule has 0 radical (unpaired) electrons. The van der Waals surface area contributed by atoms with E-state index in [2.05, 4.69) is 0 Å². The van der Waals surface area contributed by atoms with Gasteiger partial charge in [-0.05, 0) is 26.3 Å². The van der Waals surface area contributed by atoms with Crippen molar-refractivity contribution in [2.24, 2.45) is 11.7 Å². The van der Waals surface area contributed by atoms with Crippen molar-refractivity contribution in [3.63, 3.8) is 0 Å². The number of carbonyl (C=O) groups excluding carboxylic acids is 1. The fourth-order valence-corrected chi connectivity index (χ4v) is 1.05. The van der Waals surface area contributed by atoms with Crippen molar-refractivity contribution < 1.29 is 14.7 Å². The molecule has 0 saturated heterocycles. The average Bonchev–Trinajstić information content (AvgIpc) is 1.96. The zero-order valence-electron chi connectivity index (χ0n) is 7.25. The molecule has 0 aliphatic rings. The molecule has 0 bridgehead atoms. The molecule has 3 N–H and O–H groups in total. The zero-order chi connectivity index (χ0) is 9.56. The highest BCUT2D eigenvalue weighted by atomic mass is 16.4. The Labute approximate surface area is 71.8 Å². The fraction of sp³-hybridized carbons (Fsp3) is 0.750. The Morgan fingerprint density at radius 2 is 2.00 bits per heavy atom. The minimum absolute atomic E-state index is 0.0294. The molecule has 0 saturated carbocycles. The molecule has 0 aliphatic heterocycles. The lowest BCUT2D eigenvalue weighted by Gasteiger charge is -2.09. The van der Waals surface area contributed by atoms with Crippen LogP contribution in [-0.2, 0) is 9.59 Å². The summed E-state index contributed by atoms with van der Waals surface area (Å²) in [5.41, 5.74) is 5.27. The SMILES string of the molecule is CC(=O)C(CCN)CCC(=O)O. The molecule has 0 rings (SSSR count). The number of rotatable bonds is 6. The third-order valence-electron chi connectivity index (χ3n) is 1.80. The second-order valence-electron chi connectivity index (χ2n) is 2.82. The number of carboxylic acids is 1. The van der Waals surface area contributed by atoms with Crippen LogP contribution in [0.15, 0.2) is 0 Å². The van der Waals surface area contributed by atoms with Crippen LogP contribution >= 0.6 is 0 Å². The third-order valence-corrected chi connectivity index (χ3v) is 1.80. The Morgan fingerprint density at radius 1 is 1.42 bits per heavy atom. The molecule has 4 nitrogen and oxygen atoms in total. The molecular formula is C8H15NO3. The summed E-state index contributed by atoms with van der Waals surface area (Å²) in [6, 6.07) is 0. The van der Waals surface area contributed by atoms with Gasteiger partial charge in [-0.25, -0.2) is 0 Å². The lowest BCUT2D eigenvalue weighted by Crippen LogP contribution is -2.17. The number of hydrogen-bond acceptors (Lipinski definition) is 3. The van der Waals surface area contributed by atoms with Crippen molar-refractivity contribution in [1.29, 1.82) is 0 Å². The first-order chi connectivity index (χ1) is 5.57. The molecule has 1 unspecified atom stereocenters. The Morgan fingerprint density at radius 3 is 2.33 bits per heavy atom. The molecule has 0 aromatic heterocycles. The van der Waals surface area contributed by atoms with Gasteiger partial charge in [0, 0.05) is 12.3 Å². The molecule has 0 heterocycles. The standard InChI is InChI=1S/C8H15NO3/c1-6(10)7(4-5-9)2-3-8(11)12/h7H,2-5,9H2,1H3,(H,11,12). The molecule has 0 aromatic rings. The van der Waals surface area contributed by atoms with E-state index in [1.54, 1.807) is 0 Å². The smallest absolute Gasteiger partial charge is 0.303 e. The van der Waals surface area contributed by atoms with E-state index < -0.39 is 5.97 Å². The lowest BCUT2D eigenvalue weighted by molar-refractivity contribution is -0.137. The molecule has 0 spiro atoms. The highest BCUT2D eigenvalue weighted by molar-refractivity contribution is 5.79. The number of ketones is 1. The first kappa shape index (κ1) is 11.1. The van der Waals surface area contributed by atoms with E-state index in [-0.39, 0.29) is 18.1 Å². The summed E-state index contributed by atoms with van der Waals surface area (Å²) in [6.45, 7) is 1.91. The van der Waals surface area contributed by atoms with Gasteiger partial charge < -0.3 is 10.8 Å². The predicted octanol–water partition coefficient (Wildman–Crippen LogP) is 0.405. The van der Waals surface area contributed by atoms with Crippen molar-refractivity contribution in [3.05, 3.63) is 0 Å². The van der Waals surface area contributed by atoms with Gasteiger partial charge >= 0.3 is 5.97 Å². The van der Waals surface area contributed by atoms with Gasteiger partial charge in [0.1, 0.15) is 5.78 Å². The van der Waals surface area contributed by atoms with E-state index >= 15 is 0 Å². The molecule has 0 amide bonds. The first-order valence-electron chi connectivity index (χ1n) is 4.00. The van der Waals surface area contributed by atoms with Crippen LogP contribution in [0.2, 0.25) is 0 Å². The summed E-state index contributed by atoms with van der Waals surface area (Å²) in [7, 11) is 0. The zero-order valence-corrected chi connectivity index (χ0v) is 7.25. The lowest BCUT2D eigenvalue weighted by atomic mass is 9.96. The van der Waals surface area contributed by atoms with E-state index in [1.807, 2.05) is 0 Å². The summed E-state index contributed by atoms with van der Waals surface area (Å²) in [4.78, 5) is 21.1. The molecular weight excluding hydrogens is 158 g/mol. The second kappa shape index (κ2) is 5.71.